The van der Waals surface area contributed by atoms with E-state index < -0.39 is 0 Å². The van der Waals surface area contributed by atoms with Crippen molar-refractivity contribution < 1.29 is 0 Å². The van der Waals surface area contributed by atoms with Crippen LogP contribution >= 0.6 is 0 Å². The van der Waals surface area contributed by atoms with E-state index in [-0.39, 0.29) is 0 Å². The minimum Gasteiger partial charge on any atom is -0.0859 e. The number of hydrogen-bond acceptors (Lipinski definition) is 0. The van der Waals surface area contributed by atoms with Crippen LogP contribution in [0.3, 0.4) is 0 Å². The molecule has 0 N–H and O–H groups in total. The molecule has 0 amide bonds. The summed E-state index contributed by atoms with van der Waals surface area (Å²) in [6, 6.07) is 0. The summed E-state index contributed by atoms with van der Waals surface area (Å²) >= 11 is 0. The van der Waals surface area contributed by atoms with Crippen LogP contribution in [-0.4, -0.2) is 0 Å². The van der Waals surface area contributed by atoms with E-state index in [4.69, 9.17) is 0 Å². The van der Waals surface area contributed by atoms with Crippen LogP contribution in [0.15, 0.2) is 11.6 Å². The summed E-state index contributed by atoms with van der Waals surface area (Å²) in [5.41, 5.74) is 2.06. The summed E-state index contributed by atoms with van der Waals surface area (Å²) in [6.07, 6.45) is 8.93. The Hall–Kier alpha value is -0.260. The van der Waals surface area contributed by atoms with Gasteiger partial charge in [0.05, 0.1) is 0 Å². The molecule has 0 saturated heterocycles. The first-order chi connectivity index (χ1) is 6.85. The second-order valence-corrected chi connectivity index (χ2v) is 6.22. The lowest BCUT2D eigenvalue weighted by atomic mass is 9.83. The molecule has 1 unspecified atom stereocenters. The molecule has 0 aromatic heterocycles. The Kier molecular flexibility index (Phi) is 6.96. The molecule has 0 rings (SSSR count). The Balaban J connectivity index is 3.64. The topological polar surface area (TPSA) is 0 Å². The van der Waals surface area contributed by atoms with E-state index in [0.717, 1.165) is 5.92 Å². The van der Waals surface area contributed by atoms with Crippen LogP contribution in [0.1, 0.15) is 73.6 Å². The molecular formula is C15H30. The fourth-order valence-electron chi connectivity index (χ4n) is 2.33. The first-order valence-electron chi connectivity index (χ1n) is 6.50. The molecule has 0 radical (unpaired) electrons. The Morgan fingerprint density at radius 3 is 2.33 bits per heavy atom. The van der Waals surface area contributed by atoms with E-state index >= 15 is 0 Å². The third-order valence-electron chi connectivity index (χ3n) is 2.78. The highest BCUT2D eigenvalue weighted by Crippen LogP contribution is 2.27. The maximum atomic E-state index is 2.39. The molecule has 0 saturated carbocycles. The Bertz CT molecular complexity index is 181. The number of allylic oxidation sites excluding steroid dienone is 2. The first-order valence-corrected chi connectivity index (χ1v) is 6.50. The van der Waals surface area contributed by atoms with Crippen LogP contribution < -0.4 is 0 Å². The molecule has 0 spiro atoms. The molecule has 0 fully saturated rings. The van der Waals surface area contributed by atoms with E-state index in [2.05, 4.69) is 47.6 Å². The van der Waals surface area contributed by atoms with Crippen molar-refractivity contribution in [3.05, 3.63) is 11.6 Å². The largest absolute Gasteiger partial charge is 0.0859 e. The molecule has 0 heterocycles. The van der Waals surface area contributed by atoms with Crippen LogP contribution in [0.25, 0.3) is 0 Å². The summed E-state index contributed by atoms with van der Waals surface area (Å²) in [6.45, 7) is 13.9. The van der Waals surface area contributed by atoms with Gasteiger partial charge in [-0.25, -0.2) is 0 Å². The summed E-state index contributed by atoms with van der Waals surface area (Å²) in [5, 5.41) is 0. The van der Waals surface area contributed by atoms with Gasteiger partial charge in [-0.05, 0) is 43.9 Å². The molecule has 0 aliphatic rings. The van der Waals surface area contributed by atoms with Gasteiger partial charge in [-0.2, -0.15) is 0 Å². The van der Waals surface area contributed by atoms with Crippen molar-refractivity contribution >= 4 is 0 Å². The van der Waals surface area contributed by atoms with Crippen LogP contribution in [0.2, 0.25) is 0 Å². The van der Waals surface area contributed by atoms with Gasteiger partial charge in [-0.15, -0.1) is 0 Å². The van der Waals surface area contributed by atoms with Gasteiger partial charge in [0.15, 0.2) is 0 Å². The van der Waals surface area contributed by atoms with Crippen molar-refractivity contribution in [1.29, 1.82) is 0 Å². The van der Waals surface area contributed by atoms with Crippen molar-refractivity contribution in [2.75, 3.05) is 0 Å². The monoisotopic (exact) mass is 210 g/mol. The fourth-order valence-corrected chi connectivity index (χ4v) is 2.33. The highest BCUT2D eigenvalue weighted by Gasteiger charge is 2.14. The van der Waals surface area contributed by atoms with Gasteiger partial charge < -0.3 is 0 Å². The van der Waals surface area contributed by atoms with Crippen LogP contribution in [0, 0.1) is 11.3 Å². The zero-order chi connectivity index (χ0) is 11.9. The molecule has 90 valence electrons. The van der Waals surface area contributed by atoms with Crippen molar-refractivity contribution in [2.45, 2.75) is 73.6 Å². The van der Waals surface area contributed by atoms with Gasteiger partial charge in [0.25, 0.3) is 0 Å². The summed E-state index contributed by atoms with van der Waals surface area (Å²) in [7, 11) is 0. The van der Waals surface area contributed by atoms with E-state index in [1.165, 1.54) is 32.1 Å². The quantitative estimate of drug-likeness (QED) is 0.502. The smallest absolute Gasteiger partial charge is 0.0323 e. The van der Waals surface area contributed by atoms with Gasteiger partial charge in [-0.1, -0.05) is 52.7 Å². The average molecular weight is 210 g/mol. The highest BCUT2D eigenvalue weighted by atomic mass is 14.2. The number of hydrogen-bond donors (Lipinski definition) is 0. The molecular weight excluding hydrogens is 180 g/mol. The Morgan fingerprint density at radius 2 is 1.87 bits per heavy atom. The second kappa shape index (κ2) is 7.09. The third-order valence-corrected chi connectivity index (χ3v) is 2.78. The van der Waals surface area contributed by atoms with E-state index in [1.54, 1.807) is 5.57 Å². The molecule has 0 aliphatic carbocycles. The zero-order valence-electron chi connectivity index (χ0n) is 11.7. The lowest BCUT2D eigenvalue weighted by Crippen LogP contribution is -2.10. The molecule has 0 aliphatic heterocycles. The van der Waals surface area contributed by atoms with Gasteiger partial charge in [0, 0.05) is 0 Å². The van der Waals surface area contributed by atoms with E-state index in [1.807, 2.05) is 0 Å². The molecule has 15 heavy (non-hydrogen) atoms. The minimum atomic E-state index is 0.494. The SMILES string of the molecule is CCC=C(C)CCCC(C)CC(C)(C)C. The predicted molar refractivity (Wildman–Crippen MR) is 71.1 cm³/mol. The maximum absolute atomic E-state index is 2.39. The Labute approximate surface area is 97.2 Å². The van der Waals surface area contributed by atoms with Crippen LogP contribution in [0.4, 0.5) is 0 Å². The van der Waals surface area contributed by atoms with E-state index in [9.17, 15) is 0 Å². The zero-order valence-corrected chi connectivity index (χ0v) is 11.7. The van der Waals surface area contributed by atoms with Crippen molar-refractivity contribution in [3.63, 3.8) is 0 Å². The normalized spacial score (nSPS) is 15.5. The fraction of sp³-hybridized carbons (Fsp3) is 0.867. The second-order valence-electron chi connectivity index (χ2n) is 6.22. The summed E-state index contributed by atoms with van der Waals surface area (Å²) < 4.78 is 0. The van der Waals surface area contributed by atoms with Crippen molar-refractivity contribution in [2.24, 2.45) is 11.3 Å². The molecule has 0 aromatic rings. The van der Waals surface area contributed by atoms with Gasteiger partial charge in [0.2, 0.25) is 0 Å². The van der Waals surface area contributed by atoms with Crippen molar-refractivity contribution in [3.8, 4) is 0 Å². The highest BCUT2D eigenvalue weighted by molar-refractivity contribution is 4.96. The van der Waals surface area contributed by atoms with Crippen molar-refractivity contribution in [1.82, 2.24) is 0 Å². The van der Waals surface area contributed by atoms with Gasteiger partial charge >= 0.3 is 0 Å². The molecule has 0 nitrogen and oxygen atoms in total. The van der Waals surface area contributed by atoms with Crippen LogP contribution in [0.5, 0.6) is 0 Å². The minimum absolute atomic E-state index is 0.494. The molecule has 0 bridgehead atoms. The molecule has 1 atom stereocenters. The molecule has 0 aromatic carbocycles. The first kappa shape index (κ1) is 14.7. The van der Waals surface area contributed by atoms with Gasteiger partial charge in [-0.3, -0.25) is 0 Å². The summed E-state index contributed by atoms with van der Waals surface area (Å²) in [4.78, 5) is 0. The lowest BCUT2D eigenvalue weighted by Gasteiger charge is -2.23. The third kappa shape index (κ3) is 10.0. The van der Waals surface area contributed by atoms with E-state index in [0.29, 0.717) is 5.41 Å². The summed E-state index contributed by atoms with van der Waals surface area (Å²) in [5.74, 6) is 0.874. The predicted octanol–water partition coefficient (Wildman–Crippen LogP) is 5.59. The maximum Gasteiger partial charge on any atom is -0.0323 e. The average Bonchev–Trinajstić information content (AvgIpc) is 2.00. The van der Waals surface area contributed by atoms with Gasteiger partial charge in [0.1, 0.15) is 0 Å². The Morgan fingerprint density at radius 1 is 1.27 bits per heavy atom. The lowest BCUT2D eigenvalue weighted by molar-refractivity contribution is 0.293. The standard InChI is InChI=1S/C15H30/c1-7-9-13(2)10-8-11-14(3)12-15(4,5)6/h9,14H,7-8,10-12H2,1-6H3. The molecule has 0 heteroatoms. The number of rotatable bonds is 6. The van der Waals surface area contributed by atoms with Crippen LogP contribution in [-0.2, 0) is 0 Å².